The third-order valence-electron chi connectivity index (χ3n) is 5.48. The van der Waals surface area contributed by atoms with Gasteiger partial charge in [-0.15, -0.1) is 0 Å². The summed E-state index contributed by atoms with van der Waals surface area (Å²) in [6.07, 6.45) is 5.58. The van der Waals surface area contributed by atoms with Crippen LogP contribution in [0.5, 0.6) is 0 Å². The Bertz CT molecular complexity index is 569. The third-order valence-corrected chi connectivity index (χ3v) is 5.48. The molecule has 2 aliphatic heterocycles. The quantitative estimate of drug-likeness (QED) is 0.856. The highest BCUT2D eigenvalue weighted by atomic mass is 16.2. The van der Waals surface area contributed by atoms with Gasteiger partial charge in [0.15, 0.2) is 0 Å². The number of carbonyl (C=O) groups is 1. The van der Waals surface area contributed by atoms with Gasteiger partial charge < -0.3 is 4.90 Å². The molecule has 4 nitrogen and oxygen atoms in total. The molecule has 1 aromatic heterocycles. The van der Waals surface area contributed by atoms with E-state index < -0.39 is 0 Å². The maximum Gasteiger partial charge on any atom is 0.223 e. The molecule has 2 atom stereocenters. The van der Waals surface area contributed by atoms with Crippen LogP contribution >= 0.6 is 0 Å². The standard InChI is InChI=1S/C18H25N3O/c1-13-3-2-4-15(19-13)12-20-9-7-17-16(20)8-10-21(17)18(22)11-14-5-6-14/h2-4,14,16-17H,5-12H2,1H3/t16-,17+/m0/s1. The minimum atomic E-state index is 0.408. The molecule has 0 aromatic carbocycles. The van der Waals surface area contributed by atoms with Crippen LogP contribution < -0.4 is 0 Å². The Morgan fingerprint density at radius 2 is 2.00 bits per heavy atom. The second kappa shape index (κ2) is 5.65. The highest BCUT2D eigenvalue weighted by molar-refractivity contribution is 5.77. The molecular weight excluding hydrogens is 274 g/mol. The summed E-state index contributed by atoms with van der Waals surface area (Å²) in [4.78, 5) is 21.8. The van der Waals surface area contributed by atoms with Crippen molar-refractivity contribution < 1.29 is 4.79 Å². The normalized spacial score (nSPS) is 28.1. The van der Waals surface area contributed by atoms with Crippen LogP contribution in [0.4, 0.5) is 0 Å². The lowest BCUT2D eigenvalue weighted by Gasteiger charge is -2.25. The molecule has 1 aliphatic carbocycles. The lowest BCUT2D eigenvalue weighted by atomic mass is 10.1. The molecule has 0 radical (unpaired) electrons. The van der Waals surface area contributed by atoms with E-state index in [-0.39, 0.29) is 0 Å². The van der Waals surface area contributed by atoms with E-state index in [4.69, 9.17) is 0 Å². The fourth-order valence-electron chi connectivity index (χ4n) is 4.16. The molecule has 1 amide bonds. The van der Waals surface area contributed by atoms with Crippen LogP contribution in [0, 0.1) is 12.8 Å². The number of aromatic nitrogens is 1. The average molecular weight is 299 g/mol. The number of nitrogens with zero attached hydrogens (tertiary/aromatic N) is 3. The summed E-state index contributed by atoms with van der Waals surface area (Å²) in [5.41, 5.74) is 2.24. The van der Waals surface area contributed by atoms with Crippen molar-refractivity contribution in [3.05, 3.63) is 29.6 Å². The van der Waals surface area contributed by atoms with Gasteiger partial charge in [0.05, 0.1) is 5.69 Å². The fourth-order valence-corrected chi connectivity index (χ4v) is 4.16. The Kier molecular flexibility index (Phi) is 3.65. The van der Waals surface area contributed by atoms with Gasteiger partial charge in [-0.2, -0.15) is 0 Å². The third kappa shape index (κ3) is 2.76. The van der Waals surface area contributed by atoms with Gasteiger partial charge in [0, 0.05) is 43.8 Å². The van der Waals surface area contributed by atoms with Gasteiger partial charge in [-0.05, 0) is 50.7 Å². The van der Waals surface area contributed by atoms with E-state index in [1.807, 2.05) is 13.0 Å². The van der Waals surface area contributed by atoms with E-state index in [1.165, 1.54) is 12.8 Å². The highest BCUT2D eigenvalue weighted by Crippen LogP contribution is 2.37. The summed E-state index contributed by atoms with van der Waals surface area (Å²) < 4.78 is 0. The Hall–Kier alpha value is -1.42. The first-order valence-electron chi connectivity index (χ1n) is 8.67. The predicted octanol–water partition coefficient (Wildman–Crippen LogP) is 2.37. The van der Waals surface area contributed by atoms with E-state index in [9.17, 15) is 4.79 Å². The molecule has 0 spiro atoms. The van der Waals surface area contributed by atoms with Crippen molar-refractivity contribution in [1.29, 1.82) is 0 Å². The Morgan fingerprint density at radius 3 is 2.77 bits per heavy atom. The van der Waals surface area contributed by atoms with Gasteiger partial charge in [-0.25, -0.2) is 0 Å². The van der Waals surface area contributed by atoms with Crippen LogP contribution in [0.1, 0.15) is 43.5 Å². The average Bonchev–Trinajstić information content (AvgIpc) is 3.07. The number of rotatable bonds is 4. The molecule has 1 aromatic rings. The van der Waals surface area contributed by atoms with Crippen LogP contribution in [0.25, 0.3) is 0 Å². The van der Waals surface area contributed by atoms with E-state index in [2.05, 4.69) is 26.9 Å². The van der Waals surface area contributed by atoms with Crippen LogP contribution in [-0.2, 0) is 11.3 Å². The SMILES string of the molecule is Cc1cccc(CN2CC[C@@H]3[C@@H]2CCN3C(=O)CC2CC2)n1. The van der Waals surface area contributed by atoms with Gasteiger partial charge in [0.2, 0.25) is 5.91 Å². The van der Waals surface area contributed by atoms with Crippen molar-refractivity contribution in [3.8, 4) is 0 Å². The topological polar surface area (TPSA) is 36.4 Å². The van der Waals surface area contributed by atoms with Crippen molar-refractivity contribution >= 4 is 5.91 Å². The first kappa shape index (κ1) is 14.2. The summed E-state index contributed by atoms with van der Waals surface area (Å²) in [5.74, 6) is 1.10. The molecule has 3 aliphatic rings. The second-order valence-electron chi connectivity index (χ2n) is 7.19. The van der Waals surface area contributed by atoms with E-state index >= 15 is 0 Å². The molecule has 1 saturated carbocycles. The molecule has 4 heteroatoms. The number of amides is 1. The van der Waals surface area contributed by atoms with Crippen molar-refractivity contribution in [2.45, 2.75) is 57.7 Å². The van der Waals surface area contributed by atoms with E-state index in [0.29, 0.717) is 23.9 Å². The maximum absolute atomic E-state index is 12.4. The molecule has 118 valence electrons. The maximum atomic E-state index is 12.4. The number of carbonyl (C=O) groups excluding carboxylic acids is 1. The molecule has 3 heterocycles. The predicted molar refractivity (Wildman–Crippen MR) is 85.2 cm³/mol. The first-order chi connectivity index (χ1) is 10.7. The smallest absolute Gasteiger partial charge is 0.223 e. The minimum Gasteiger partial charge on any atom is -0.338 e. The fraction of sp³-hybridized carbons (Fsp3) is 0.667. The lowest BCUT2D eigenvalue weighted by Crippen LogP contribution is -2.39. The summed E-state index contributed by atoms with van der Waals surface area (Å²) >= 11 is 0. The summed E-state index contributed by atoms with van der Waals surface area (Å²) in [7, 11) is 0. The van der Waals surface area contributed by atoms with Gasteiger partial charge in [0.1, 0.15) is 0 Å². The number of aryl methyl sites for hydroxylation is 1. The molecule has 2 saturated heterocycles. The lowest BCUT2D eigenvalue weighted by molar-refractivity contribution is -0.132. The zero-order chi connectivity index (χ0) is 15.1. The number of likely N-dealkylation sites (tertiary alicyclic amines) is 2. The van der Waals surface area contributed by atoms with Crippen LogP contribution in [0.3, 0.4) is 0 Å². The van der Waals surface area contributed by atoms with Crippen LogP contribution in [0.15, 0.2) is 18.2 Å². The van der Waals surface area contributed by atoms with Crippen LogP contribution in [0.2, 0.25) is 0 Å². The summed E-state index contributed by atoms with van der Waals surface area (Å²) in [6.45, 7) is 5.02. The number of pyridine rings is 1. The highest BCUT2D eigenvalue weighted by Gasteiger charge is 2.44. The molecular formula is C18H25N3O. The summed E-state index contributed by atoms with van der Waals surface area (Å²) in [6, 6.07) is 7.25. The zero-order valence-corrected chi connectivity index (χ0v) is 13.4. The van der Waals surface area contributed by atoms with Crippen molar-refractivity contribution in [2.75, 3.05) is 13.1 Å². The second-order valence-corrected chi connectivity index (χ2v) is 7.19. The van der Waals surface area contributed by atoms with Gasteiger partial charge in [0.25, 0.3) is 0 Å². The van der Waals surface area contributed by atoms with Gasteiger partial charge in [-0.1, -0.05) is 6.07 Å². The number of hydrogen-bond donors (Lipinski definition) is 0. The molecule has 3 fully saturated rings. The Labute approximate surface area is 132 Å². The van der Waals surface area contributed by atoms with Crippen molar-refractivity contribution in [2.24, 2.45) is 5.92 Å². The molecule has 0 N–H and O–H groups in total. The monoisotopic (exact) mass is 299 g/mol. The summed E-state index contributed by atoms with van der Waals surface area (Å²) in [5, 5.41) is 0. The Morgan fingerprint density at radius 1 is 1.18 bits per heavy atom. The van der Waals surface area contributed by atoms with Gasteiger partial charge >= 0.3 is 0 Å². The first-order valence-corrected chi connectivity index (χ1v) is 8.67. The molecule has 0 bridgehead atoms. The Balaban J connectivity index is 1.40. The van der Waals surface area contributed by atoms with Crippen LogP contribution in [-0.4, -0.2) is 45.9 Å². The molecule has 22 heavy (non-hydrogen) atoms. The number of hydrogen-bond acceptors (Lipinski definition) is 3. The van der Waals surface area contributed by atoms with E-state index in [0.717, 1.165) is 50.3 Å². The van der Waals surface area contributed by atoms with Crippen molar-refractivity contribution in [3.63, 3.8) is 0 Å². The minimum absolute atomic E-state index is 0.408. The van der Waals surface area contributed by atoms with Crippen molar-refractivity contribution in [1.82, 2.24) is 14.8 Å². The molecule has 0 unspecified atom stereocenters. The van der Waals surface area contributed by atoms with Gasteiger partial charge in [-0.3, -0.25) is 14.7 Å². The van der Waals surface area contributed by atoms with E-state index in [1.54, 1.807) is 0 Å². The largest absolute Gasteiger partial charge is 0.338 e. The zero-order valence-electron chi connectivity index (χ0n) is 13.4. The number of fused-ring (bicyclic) bond motifs is 1. The molecule has 4 rings (SSSR count).